The number of hydrogen-bond donors (Lipinski definition) is 0. The predicted molar refractivity (Wildman–Crippen MR) is 127 cm³/mol. The van der Waals surface area contributed by atoms with Crippen molar-refractivity contribution in [3.63, 3.8) is 0 Å². The minimum atomic E-state index is -0.0923. The maximum absolute atomic E-state index is 13.1. The Morgan fingerprint density at radius 2 is 1.65 bits per heavy atom. The lowest BCUT2D eigenvalue weighted by Crippen LogP contribution is -2.26. The van der Waals surface area contributed by atoms with Gasteiger partial charge in [0.25, 0.3) is 5.56 Å². The quantitative estimate of drug-likeness (QED) is 0.297. The maximum Gasteiger partial charge on any atom is 0.261 e. The maximum atomic E-state index is 13.1. The molecule has 0 spiro atoms. The average molecular weight is 500 g/mol. The van der Waals surface area contributed by atoms with E-state index in [4.69, 9.17) is 26.1 Å². The molecule has 158 valence electrons. The molecule has 0 aliphatic heterocycles. The average Bonchev–Trinajstić information content (AvgIpc) is 2.79. The molecule has 0 N–H and O–H groups in total. The van der Waals surface area contributed by atoms with E-state index in [2.05, 4.69) is 15.9 Å². The molecule has 31 heavy (non-hydrogen) atoms. The van der Waals surface area contributed by atoms with Crippen molar-refractivity contribution in [2.24, 2.45) is 0 Å². The Bertz CT molecular complexity index is 1220. The van der Waals surface area contributed by atoms with Crippen molar-refractivity contribution in [2.75, 3.05) is 19.8 Å². The zero-order valence-electron chi connectivity index (χ0n) is 16.6. The second kappa shape index (κ2) is 10.1. The molecule has 0 amide bonds. The van der Waals surface area contributed by atoms with Crippen molar-refractivity contribution in [1.82, 2.24) is 9.55 Å². The number of ether oxygens (including phenoxy) is 2. The van der Waals surface area contributed by atoms with Crippen LogP contribution < -0.4 is 10.3 Å². The van der Waals surface area contributed by atoms with Crippen LogP contribution >= 0.6 is 27.5 Å². The molecule has 0 fully saturated rings. The van der Waals surface area contributed by atoms with E-state index in [1.54, 1.807) is 22.8 Å². The highest BCUT2D eigenvalue weighted by Gasteiger charge is 2.12. The second-order valence-electron chi connectivity index (χ2n) is 6.83. The largest absolute Gasteiger partial charge is 0.491 e. The molecule has 4 rings (SSSR count). The highest BCUT2D eigenvalue weighted by atomic mass is 79.9. The van der Waals surface area contributed by atoms with E-state index in [0.29, 0.717) is 48.1 Å². The SMILES string of the molecule is O=c1c2ccccc2nc(-c2ccc(Cl)cc2)n1CCOCCOc1ccc(Br)cc1. The summed E-state index contributed by atoms with van der Waals surface area (Å²) in [6, 6.07) is 22.3. The number of fused-ring (bicyclic) bond motifs is 1. The fraction of sp³-hybridized carbons (Fsp3) is 0.167. The molecular weight excluding hydrogens is 480 g/mol. The molecule has 1 heterocycles. The summed E-state index contributed by atoms with van der Waals surface area (Å²) in [7, 11) is 0. The molecule has 0 unspecified atom stereocenters. The third-order valence-electron chi connectivity index (χ3n) is 4.73. The van der Waals surface area contributed by atoms with Gasteiger partial charge in [0.15, 0.2) is 0 Å². The minimum absolute atomic E-state index is 0.0923. The van der Waals surface area contributed by atoms with Gasteiger partial charge in [-0.2, -0.15) is 0 Å². The monoisotopic (exact) mass is 498 g/mol. The van der Waals surface area contributed by atoms with Crippen LogP contribution in [0.1, 0.15) is 0 Å². The molecule has 7 heteroatoms. The van der Waals surface area contributed by atoms with Crippen molar-refractivity contribution in [2.45, 2.75) is 6.54 Å². The third-order valence-corrected chi connectivity index (χ3v) is 5.51. The fourth-order valence-electron chi connectivity index (χ4n) is 3.20. The van der Waals surface area contributed by atoms with E-state index in [1.165, 1.54) is 0 Å². The Hall–Kier alpha value is -2.67. The first-order valence-electron chi connectivity index (χ1n) is 9.83. The Balaban J connectivity index is 1.46. The number of aromatic nitrogens is 2. The van der Waals surface area contributed by atoms with Gasteiger partial charge >= 0.3 is 0 Å². The predicted octanol–water partition coefficient (Wildman–Crippen LogP) is 5.58. The summed E-state index contributed by atoms with van der Waals surface area (Å²) >= 11 is 9.42. The lowest BCUT2D eigenvalue weighted by molar-refractivity contribution is 0.0940. The molecule has 1 aromatic heterocycles. The molecule has 0 saturated carbocycles. The van der Waals surface area contributed by atoms with Crippen molar-refractivity contribution >= 4 is 38.4 Å². The molecule has 0 aliphatic rings. The number of rotatable bonds is 8. The van der Waals surface area contributed by atoms with Gasteiger partial charge in [-0.15, -0.1) is 0 Å². The van der Waals surface area contributed by atoms with Crippen molar-refractivity contribution in [3.8, 4) is 17.1 Å². The van der Waals surface area contributed by atoms with E-state index in [1.807, 2.05) is 54.6 Å². The number of benzene rings is 3. The van der Waals surface area contributed by atoms with Gasteiger partial charge in [-0.25, -0.2) is 4.98 Å². The summed E-state index contributed by atoms with van der Waals surface area (Å²) in [5.41, 5.74) is 1.40. The third kappa shape index (κ3) is 5.34. The van der Waals surface area contributed by atoms with Crippen LogP contribution in [0, 0.1) is 0 Å². The molecule has 0 radical (unpaired) electrons. The van der Waals surface area contributed by atoms with Crippen LogP contribution in [0.2, 0.25) is 5.02 Å². The van der Waals surface area contributed by atoms with E-state index in [0.717, 1.165) is 15.8 Å². The molecule has 0 bridgehead atoms. The van der Waals surface area contributed by atoms with Gasteiger partial charge in [-0.3, -0.25) is 9.36 Å². The van der Waals surface area contributed by atoms with Crippen molar-refractivity contribution < 1.29 is 9.47 Å². The summed E-state index contributed by atoms with van der Waals surface area (Å²) in [5, 5.41) is 1.21. The molecule has 0 aliphatic carbocycles. The van der Waals surface area contributed by atoms with Gasteiger partial charge in [0.2, 0.25) is 0 Å². The van der Waals surface area contributed by atoms with Gasteiger partial charge in [0, 0.05) is 15.1 Å². The Kier molecular flexibility index (Phi) is 7.02. The summed E-state index contributed by atoms with van der Waals surface area (Å²) in [6.07, 6.45) is 0. The number of hydrogen-bond acceptors (Lipinski definition) is 4. The van der Waals surface area contributed by atoms with Crippen LogP contribution in [0.3, 0.4) is 0 Å². The Morgan fingerprint density at radius 1 is 0.903 bits per heavy atom. The van der Waals surface area contributed by atoms with Crippen LogP contribution in [0.25, 0.3) is 22.3 Å². The minimum Gasteiger partial charge on any atom is -0.491 e. The lowest BCUT2D eigenvalue weighted by Gasteiger charge is -2.14. The summed E-state index contributed by atoms with van der Waals surface area (Å²) in [6.45, 7) is 1.59. The van der Waals surface area contributed by atoms with Gasteiger partial charge in [0.05, 0.1) is 30.7 Å². The van der Waals surface area contributed by atoms with Gasteiger partial charge < -0.3 is 9.47 Å². The standard InChI is InChI=1S/C24H20BrClN2O3/c25-18-7-11-20(12-8-18)31-16-15-30-14-13-28-23(17-5-9-19(26)10-6-17)27-22-4-2-1-3-21(22)24(28)29/h1-12H,13-16H2. The highest BCUT2D eigenvalue weighted by Crippen LogP contribution is 2.21. The zero-order valence-corrected chi connectivity index (χ0v) is 19.0. The summed E-state index contributed by atoms with van der Waals surface area (Å²) < 4.78 is 14.0. The van der Waals surface area contributed by atoms with Crippen molar-refractivity contribution in [3.05, 3.63) is 92.6 Å². The van der Waals surface area contributed by atoms with Gasteiger partial charge in [-0.1, -0.05) is 39.7 Å². The molecule has 5 nitrogen and oxygen atoms in total. The molecule has 0 atom stereocenters. The van der Waals surface area contributed by atoms with Gasteiger partial charge in [-0.05, 0) is 60.7 Å². The highest BCUT2D eigenvalue weighted by molar-refractivity contribution is 9.10. The first kappa shape index (κ1) is 21.6. The molecular formula is C24H20BrClN2O3. The van der Waals surface area contributed by atoms with E-state index >= 15 is 0 Å². The number of halogens is 2. The fourth-order valence-corrected chi connectivity index (χ4v) is 3.59. The van der Waals surface area contributed by atoms with Gasteiger partial charge in [0.1, 0.15) is 18.2 Å². The zero-order chi connectivity index (χ0) is 21.6. The second-order valence-corrected chi connectivity index (χ2v) is 8.18. The number of nitrogens with zero attached hydrogens (tertiary/aromatic N) is 2. The molecule has 3 aromatic carbocycles. The van der Waals surface area contributed by atoms with Crippen LogP contribution in [0.5, 0.6) is 5.75 Å². The first-order valence-corrected chi connectivity index (χ1v) is 11.0. The van der Waals surface area contributed by atoms with Crippen LogP contribution in [0.15, 0.2) is 82.1 Å². The normalized spacial score (nSPS) is 11.0. The van der Waals surface area contributed by atoms with Crippen LogP contribution in [-0.4, -0.2) is 29.4 Å². The van der Waals surface area contributed by atoms with E-state index in [-0.39, 0.29) is 5.56 Å². The smallest absolute Gasteiger partial charge is 0.261 e. The summed E-state index contributed by atoms with van der Waals surface area (Å²) in [5.74, 6) is 1.38. The van der Waals surface area contributed by atoms with Crippen LogP contribution in [-0.2, 0) is 11.3 Å². The first-order chi connectivity index (χ1) is 15.1. The molecule has 4 aromatic rings. The number of para-hydroxylation sites is 1. The Morgan fingerprint density at radius 3 is 2.42 bits per heavy atom. The van der Waals surface area contributed by atoms with Crippen LogP contribution in [0.4, 0.5) is 0 Å². The van der Waals surface area contributed by atoms with E-state index < -0.39 is 0 Å². The lowest BCUT2D eigenvalue weighted by atomic mass is 10.2. The van der Waals surface area contributed by atoms with E-state index in [9.17, 15) is 4.79 Å². The topological polar surface area (TPSA) is 53.4 Å². The summed E-state index contributed by atoms with van der Waals surface area (Å²) in [4.78, 5) is 17.9. The van der Waals surface area contributed by atoms with Crippen molar-refractivity contribution in [1.29, 1.82) is 0 Å². The molecule has 0 saturated heterocycles. The Labute approximate surface area is 193 Å².